The fourth-order valence-corrected chi connectivity index (χ4v) is 2.33. The number of pyridine rings is 1. The number of halogens is 1. The Kier molecular flexibility index (Phi) is 5.00. The lowest BCUT2D eigenvalue weighted by atomic mass is 10.1. The summed E-state index contributed by atoms with van der Waals surface area (Å²) in [4.78, 5) is 4.34. The molecule has 0 spiro atoms. The van der Waals surface area contributed by atoms with E-state index in [4.69, 9.17) is 17.3 Å². The molecule has 0 radical (unpaired) electrons. The van der Waals surface area contributed by atoms with Crippen LogP contribution in [0.5, 0.6) is 0 Å². The van der Waals surface area contributed by atoms with Crippen LogP contribution >= 0.6 is 11.6 Å². The molecule has 0 fully saturated rings. The van der Waals surface area contributed by atoms with Gasteiger partial charge in [0, 0.05) is 34.9 Å². The van der Waals surface area contributed by atoms with Gasteiger partial charge in [-0.3, -0.25) is 4.98 Å². The van der Waals surface area contributed by atoms with Crippen LogP contribution in [0.15, 0.2) is 30.5 Å². The first-order chi connectivity index (χ1) is 9.24. The van der Waals surface area contributed by atoms with Crippen LogP contribution in [0.3, 0.4) is 0 Å². The Labute approximate surface area is 119 Å². The molecule has 102 valence electrons. The van der Waals surface area contributed by atoms with Crippen molar-refractivity contribution >= 4 is 28.2 Å². The van der Waals surface area contributed by atoms with Gasteiger partial charge in [-0.2, -0.15) is 0 Å². The fraction of sp³-hybridized carbons (Fsp3) is 0.400. The number of hydrogen-bond acceptors (Lipinski definition) is 3. The predicted octanol–water partition coefficient (Wildman–Crippen LogP) is 3.82. The van der Waals surface area contributed by atoms with E-state index in [1.54, 1.807) is 6.20 Å². The first kappa shape index (κ1) is 14.1. The van der Waals surface area contributed by atoms with E-state index in [-0.39, 0.29) is 0 Å². The smallest absolute Gasteiger partial charge is 0.0737 e. The zero-order chi connectivity index (χ0) is 13.7. The lowest BCUT2D eigenvalue weighted by Crippen LogP contribution is -2.28. The molecule has 3 nitrogen and oxygen atoms in total. The summed E-state index contributed by atoms with van der Waals surface area (Å²) in [6.07, 6.45) is 5.26. The third-order valence-corrected chi connectivity index (χ3v) is 3.49. The molecule has 1 unspecified atom stereocenters. The molecule has 1 aromatic heterocycles. The standard InChI is InChI=1S/C15H20ClN3/c1-2-3-4-12(10-17)19-14-7-8-18-15-9-11(16)5-6-13(14)15/h5-9,12H,2-4,10,17H2,1H3,(H,18,19). The third-order valence-electron chi connectivity index (χ3n) is 3.26. The Morgan fingerprint density at radius 3 is 2.95 bits per heavy atom. The van der Waals surface area contributed by atoms with Gasteiger partial charge in [0.2, 0.25) is 0 Å². The molecular formula is C15H20ClN3. The summed E-state index contributed by atoms with van der Waals surface area (Å²) in [5.41, 5.74) is 7.81. The average Bonchev–Trinajstić information content (AvgIpc) is 2.43. The topological polar surface area (TPSA) is 50.9 Å². The van der Waals surface area contributed by atoms with Gasteiger partial charge in [0.05, 0.1) is 5.52 Å². The summed E-state index contributed by atoms with van der Waals surface area (Å²) < 4.78 is 0. The number of rotatable bonds is 6. The summed E-state index contributed by atoms with van der Waals surface area (Å²) in [6.45, 7) is 2.83. The molecule has 0 amide bonds. The van der Waals surface area contributed by atoms with Crippen molar-refractivity contribution in [1.29, 1.82) is 0 Å². The van der Waals surface area contributed by atoms with Crippen LogP contribution in [0, 0.1) is 0 Å². The number of benzene rings is 1. The number of aromatic nitrogens is 1. The van der Waals surface area contributed by atoms with Gasteiger partial charge in [0.1, 0.15) is 0 Å². The van der Waals surface area contributed by atoms with Gasteiger partial charge in [-0.15, -0.1) is 0 Å². The van der Waals surface area contributed by atoms with E-state index < -0.39 is 0 Å². The van der Waals surface area contributed by atoms with Crippen LogP contribution < -0.4 is 11.1 Å². The van der Waals surface area contributed by atoms with Crippen LogP contribution in [-0.2, 0) is 0 Å². The lowest BCUT2D eigenvalue weighted by Gasteiger charge is -2.19. The van der Waals surface area contributed by atoms with Gasteiger partial charge < -0.3 is 11.1 Å². The van der Waals surface area contributed by atoms with E-state index >= 15 is 0 Å². The highest BCUT2D eigenvalue weighted by Gasteiger charge is 2.08. The normalized spacial score (nSPS) is 12.6. The molecule has 19 heavy (non-hydrogen) atoms. The molecule has 0 aliphatic carbocycles. The minimum absolute atomic E-state index is 0.307. The van der Waals surface area contributed by atoms with Crippen molar-refractivity contribution in [2.24, 2.45) is 5.73 Å². The average molecular weight is 278 g/mol. The summed E-state index contributed by atoms with van der Waals surface area (Å²) in [6, 6.07) is 8.07. The second-order valence-corrected chi connectivity index (χ2v) is 5.18. The Morgan fingerprint density at radius 2 is 2.21 bits per heavy atom. The van der Waals surface area contributed by atoms with E-state index in [9.17, 15) is 0 Å². The van der Waals surface area contributed by atoms with Crippen LogP contribution in [0.2, 0.25) is 5.02 Å². The molecular weight excluding hydrogens is 258 g/mol. The number of unbranched alkanes of at least 4 members (excludes halogenated alkanes) is 1. The zero-order valence-electron chi connectivity index (χ0n) is 11.2. The van der Waals surface area contributed by atoms with Gasteiger partial charge in [0.15, 0.2) is 0 Å². The van der Waals surface area contributed by atoms with Gasteiger partial charge >= 0.3 is 0 Å². The minimum Gasteiger partial charge on any atom is -0.380 e. The Bertz CT molecular complexity index is 542. The second kappa shape index (κ2) is 6.73. The van der Waals surface area contributed by atoms with Crippen LogP contribution in [0.1, 0.15) is 26.2 Å². The maximum Gasteiger partial charge on any atom is 0.0737 e. The summed E-state index contributed by atoms with van der Waals surface area (Å²) in [5.74, 6) is 0. The molecule has 0 bridgehead atoms. The van der Waals surface area contributed by atoms with Crippen molar-refractivity contribution in [1.82, 2.24) is 4.98 Å². The van der Waals surface area contributed by atoms with E-state index in [0.717, 1.165) is 23.0 Å². The van der Waals surface area contributed by atoms with Gasteiger partial charge in [-0.05, 0) is 30.7 Å². The van der Waals surface area contributed by atoms with Crippen molar-refractivity contribution in [3.8, 4) is 0 Å². The zero-order valence-corrected chi connectivity index (χ0v) is 12.0. The van der Waals surface area contributed by atoms with E-state index in [2.05, 4.69) is 17.2 Å². The fourth-order valence-electron chi connectivity index (χ4n) is 2.17. The van der Waals surface area contributed by atoms with Crippen molar-refractivity contribution in [2.45, 2.75) is 32.2 Å². The maximum atomic E-state index is 5.99. The van der Waals surface area contributed by atoms with E-state index in [1.807, 2.05) is 24.3 Å². The molecule has 0 saturated carbocycles. The van der Waals surface area contributed by atoms with Crippen molar-refractivity contribution in [2.75, 3.05) is 11.9 Å². The van der Waals surface area contributed by atoms with E-state index in [1.165, 1.54) is 12.8 Å². The number of fused-ring (bicyclic) bond motifs is 1. The van der Waals surface area contributed by atoms with Crippen molar-refractivity contribution in [3.05, 3.63) is 35.5 Å². The molecule has 1 aromatic carbocycles. The largest absolute Gasteiger partial charge is 0.380 e. The lowest BCUT2D eigenvalue weighted by molar-refractivity contribution is 0.614. The molecule has 1 atom stereocenters. The number of hydrogen-bond donors (Lipinski definition) is 2. The number of nitrogens with two attached hydrogens (primary N) is 1. The highest BCUT2D eigenvalue weighted by Crippen LogP contribution is 2.25. The number of nitrogens with one attached hydrogen (secondary N) is 1. The predicted molar refractivity (Wildman–Crippen MR) is 82.7 cm³/mol. The molecule has 0 aliphatic heterocycles. The minimum atomic E-state index is 0.307. The number of anilines is 1. The quantitative estimate of drug-likeness (QED) is 0.844. The van der Waals surface area contributed by atoms with Crippen molar-refractivity contribution in [3.63, 3.8) is 0 Å². The Hall–Kier alpha value is -1.32. The first-order valence-corrected chi connectivity index (χ1v) is 7.13. The molecule has 1 heterocycles. The number of nitrogens with zero attached hydrogens (tertiary/aromatic N) is 1. The Balaban J connectivity index is 2.24. The molecule has 2 aromatic rings. The van der Waals surface area contributed by atoms with Crippen molar-refractivity contribution < 1.29 is 0 Å². The third kappa shape index (κ3) is 3.58. The molecule has 2 rings (SSSR count). The van der Waals surface area contributed by atoms with Gasteiger partial charge in [-0.25, -0.2) is 0 Å². The summed E-state index contributed by atoms with van der Waals surface area (Å²) in [5, 5.41) is 5.31. The second-order valence-electron chi connectivity index (χ2n) is 4.74. The van der Waals surface area contributed by atoms with Crippen LogP contribution in [0.25, 0.3) is 10.9 Å². The monoisotopic (exact) mass is 277 g/mol. The molecule has 0 aliphatic rings. The van der Waals surface area contributed by atoms with Crippen LogP contribution in [-0.4, -0.2) is 17.6 Å². The van der Waals surface area contributed by atoms with Gasteiger partial charge in [-0.1, -0.05) is 31.4 Å². The molecule has 3 N–H and O–H groups in total. The highest BCUT2D eigenvalue weighted by molar-refractivity contribution is 6.31. The molecule has 0 saturated heterocycles. The molecule has 4 heteroatoms. The SMILES string of the molecule is CCCCC(CN)Nc1ccnc2cc(Cl)ccc12. The van der Waals surface area contributed by atoms with Gasteiger partial charge in [0.25, 0.3) is 0 Å². The summed E-state index contributed by atoms with van der Waals surface area (Å²) in [7, 11) is 0. The highest BCUT2D eigenvalue weighted by atomic mass is 35.5. The first-order valence-electron chi connectivity index (χ1n) is 6.75. The van der Waals surface area contributed by atoms with Crippen LogP contribution in [0.4, 0.5) is 5.69 Å². The summed E-state index contributed by atoms with van der Waals surface area (Å²) >= 11 is 5.99. The maximum absolute atomic E-state index is 5.99. The van der Waals surface area contributed by atoms with E-state index in [0.29, 0.717) is 17.6 Å². The Morgan fingerprint density at radius 1 is 1.37 bits per heavy atom.